The Hall–Kier alpha value is -1.99. The van der Waals surface area contributed by atoms with Crippen LogP contribution >= 0.6 is 0 Å². The largest absolute Gasteiger partial charge is 0.496 e. The summed E-state index contributed by atoms with van der Waals surface area (Å²) in [6.07, 6.45) is 0. The summed E-state index contributed by atoms with van der Waals surface area (Å²) in [6, 6.07) is 22.5. The van der Waals surface area contributed by atoms with Gasteiger partial charge in [0, 0.05) is 3.98 Å². The SMILES string of the molecule is Cc1ccc([Si](O[Cl+3]([O-])([O-])[O-])(c2ccc(C)cc2)c2ccc(C)cc2)cc1. The maximum Gasteiger partial charge on any atom is 0.496 e. The molecule has 0 aromatic heterocycles. The maximum absolute atomic E-state index is 11.8. The third-order valence-electron chi connectivity index (χ3n) is 4.58. The summed E-state index contributed by atoms with van der Waals surface area (Å²) in [5.74, 6) is 0. The summed E-state index contributed by atoms with van der Waals surface area (Å²) >= 11 is 0. The Morgan fingerprint density at radius 2 is 0.815 bits per heavy atom. The van der Waals surface area contributed by atoms with Crippen molar-refractivity contribution in [2.75, 3.05) is 0 Å². The second kappa shape index (κ2) is 7.56. The molecule has 0 bridgehead atoms. The molecule has 0 aliphatic heterocycles. The van der Waals surface area contributed by atoms with Gasteiger partial charge in [-0.15, -0.1) is 0 Å². The Morgan fingerprint density at radius 1 is 0.556 bits per heavy atom. The van der Waals surface area contributed by atoms with E-state index in [1.165, 1.54) is 0 Å². The molecule has 0 spiro atoms. The van der Waals surface area contributed by atoms with E-state index in [-0.39, 0.29) is 0 Å². The van der Waals surface area contributed by atoms with E-state index >= 15 is 0 Å². The molecule has 0 unspecified atom stereocenters. The minimum absolute atomic E-state index is 0.702. The number of halogens is 1. The molecule has 140 valence electrons. The van der Waals surface area contributed by atoms with E-state index in [1.54, 1.807) is 0 Å². The highest BCUT2D eigenvalue weighted by molar-refractivity contribution is 7.06. The molecule has 27 heavy (non-hydrogen) atoms. The van der Waals surface area contributed by atoms with E-state index in [1.807, 2.05) is 93.6 Å². The minimum Gasteiger partial charge on any atom is -0.185 e. The van der Waals surface area contributed by atoms with Gasteiger partial charge >= 0.3 is 8.32 Å². The Morgan fingerprint density at radius 3 is 1.04 bits per heavy atom. The Bertz CT molecular complexity index is 790. The number of rotatable bonds is 5. The molecule has 6 heteroatoms. The summed E-state index contributed by atoms with van der Waals surface area (Å²) in [5, 5.41) is 2.10. The second-order valence-corrected chi connectivity index (χ2v) is 11.2. The zero-order chi connectivity index (χ0) is 19.7. The van der Waals surface area contributed by atoms with Crippen LogP contribution in [0.15, 0.2) is 72.8 Å². The topological polar surface area (TPSA) is 78.4 Å². The first-order valence-electron chi connectivity index (χ1n) is 8.54. The lowest BCUT2D eigenvalue weighted by Gasteiger charge is -2.29. The molecule has 4 nitrogen and oxygen atoms in total. The van der Waals surface area contributed by atoms with E-state index < -0.39 is 18.6 Å². The number of aryl methyl sites for hydroxylation is 3. The lowest BCUT2D eigenvalue weighted by atomic mass is 10.2. The molecule has 0 heterocycles. The molecule has 0 aliphatic rings. The molecule has 0 aliphatic carbocycles. The molecule has 0 N–H and O–H groups in total. The minimum atomic E-state index is -4.63. The van der Waals surface area contributed by atoms with Gasteiger partial charge in [0.15, 0.2) is 0 Å². The van der Waals surface area contributed by atoms with Crippen molar-refractivity contribution in [1.82, 2.24) is 0 Å². The highest BCUT2D eigenvalue weighted by atomic mass is 35.7. The van der Waals surface area contributed by atoms with Gasteiger partial charge in [0.25, 0.3) is 0 Å². The average Bonchev–Trinajstić information content (AvgIpc) is 2.61. The lowest BCUT2D eigenvalue weighted by molar-refractivity contribution is -1.91. The van der Waals surface area contributed by atoms with Gasteiger partial charge in [-0.25, -0.2) is 0 Å². The Kier molecular flexibility index (Phi) is 5.53. The summed E-state index contributed by atoms with van der Waals surface area (Å²) in [7, 11) is -8.17. The molecule has 0 radical (unpaired) electrons. The fourth-order valence-corrected chi connectivity index (χ4v) is 8.25. The quantitative estimate of drug-likeness (QED) is 0.427. The van der Waals surface area contributed by atoms with Gasteiger partial charge in [-0.3, -0.25) is 0 Å². The van der Waals surface area contributed by atoms with Gasteiger partial charge in [-0.1, -0.05) is 89.5 Å². The molecule has 0 saturated carbocycles. The van der Waals surface area contributed by atoms with Crippen LogP contribution in [0.4, 0.5) is 0 Å². The van der Waals surface area contributed by atoms with Crippen LogP contribution in [-0.4, -0.2) is 8.32 Å². The highest BCUT2D eigenvalue weighted by Crippen LogP contribution is 2.14. The molecule has 3 rings (SSSR count). The fraction of sp³-hybridized carbons (Fsp3) is 0.143. The second-order valence-electron chi connectivity index (χ2n) is 6.73. The highest BCUT2D eigenvalue weighted by Gasteiger charge is 2.56. The van der Waals surface area contributed by atoms with E-state index in [9.17, 15) is 14.0 Å². The monoisotopic (exact) mass is 400 g/mol. The van der Waals surface area contributed by atoms with Crippen LogP contribution in [0, 0.1) is 31.0 Å². The first-order valence-corrected chi connectivity index (χ1v) is 11.7. The number of hydrogen-bond acceptors (Lipinski definition) is 4. The van der Waals surface area contributed by atoms with Gasteiger partial charge in [-0.05, 0) is 36.3 Å². The number of benzene rings is 3. The number of hydrogen-bond donors (Lipinski definition) is 0. The summed E-state index contributed by atoms with van der Waals surface area (Å²) in [4.78, 5) is 0. The predicted molar refractivity (Wildman–Crippen MR) is 99.3 cm³/mol. The van der Waals surface area contributed by atoms with E-state index in [0.29, 0.717) is 15.6 Å². The predicted octanol–water partition coefficient (Wildman–Crippen LogP) is -0.507. The summed E-state index contributed by atoms with van der Waals surface area (Å²) in [6.45, 7) is 5.86. The van der Waals surface area contributed by atoms with Crippen molar-refractivity contribution in [3.63, 3.8) is 0 Å². The smallest absolute Gasteiger partial charge is 0.185 e. The maximum atomic E-state index is 11.8. The van der Waals surface area contributed by atoms with Crippen LogP contribution < -0.4 is 29.5 Å². The molecular formula is C21H21ClO4Si. The van der Waals surface area contributed by atoms with Gasteiger partial charge in [0.2, 0.25) is 0 Å². The van der Waals surface area contributed by atoms with Crippen molar-refractivity contribution in [3.8, 4) is 0 Å². The van der Waals surface area contributed by atoms with Crippen molar-refractivity contribution in [3.05, 3.63) is 89.5 Å². The van der Waals surface area contributed by atoms with Crippen molar-refractivity contribution >= 4 is 23.9 Å². The zero-order valence-corrected chi connectivity index (χ0v) is 17.2. The summed E-state index contributed by atoms with van der Waals surface area (Å²) < 4.78 is 40.8. The third kappa shape index (κ3) is 4.30. The van der Waals surface area contributed by atoms with E-state index in [0.717, 1.165) is 16.7 Å². The molecule has 0 atom stereocenters. The van der Waals surface area contributed by atoms with Crippen molar-refractivity contribution in [2.24, 2.45) is 0 Å². The normalized spacial score (nSPS) is 12.2. The average molecular weight is 401 g/mol. The molecule has 0 amide bonds. The lowest BCUT2D eigenvalue weighted by Crippen LogP contribution is -2.77. The van der Waals surface area contributed by atoms with Crippen LogP contribution in [0.3, 0.4) is 0 Å². The molecule has 0 saturated heterocycles. The molecule has 3 aromatic rings. The first-order chi connectivity index (χ1) is 12.7. The van der Waals surface area contributed by atoms with Gasteiger partial charge < -0.3 is 0 Å². The van der Waals surface area contributed by atoms with Crippen molar-refractivity contribution in [2.45, 2.75) is 20.8 Å². The van der Waals surface area contributed by atoms with Crippen LogP contribution in [0.5, 0.6) is 0 Å². The van der Waals surface area contributed by atoms with Gasteiger partial charge in [0.1, 0.15) is 0 Å². The van der Waals surface area contributed by atoms with E-state index in [2.05, 4.69) is 0 Å². The summed E-state index contributed by atoms with van der Waals surface area (Å²) in [5.41, 5.74) is 3.12. The Balaban J connectivity index is 2.34. The van der Waals surface area contributed by atoms with Crippen LogP contribution in [0.2, 0.25) is 0 Å². The fourth-order valence-electron chi connectivity index (χ4n) is 3.14. The van der Waals surface area contributed by atoms with Gasteiger partial charge in [0.05, 0.1) is 10.2 Å². The van der Waals surface area contributed by atoms with Crippen molar-refractivity contribution < 1.29 is 28.2 Å². The molecule has 0 fully saturated rings. The first kappa shape index (κ1) is 19.8. The molecular weight excluding hydrogens is 380 g/mol. The Labute approximate surface area is 162 Å². The van der Waals surface area contributed by atoms with Crippen LogP contribution in [-0.2, 0) is 3.98 Å². The third-order valence-corrected chi connectivity index (χ3v) is 9.71. The molecule has 3 aromatic carbocycles. The van der Waals surface area contributed by atoms with Gasteiger partial charge in [-0.2, -0.15) is 14.0 Å². The van der Waals surface area contributed by atoms with Crippen LogP contribution in [0.1, 0.15) is 16.7 Å². The zero-order valence-electron chi connectivity index (χ0n) is 15.4. The van der Waals surface area contributed by atoms with E-state index in [4.69, 9.17) is 3.98 Å². The van der Waals surface area contributed by atoms with Crippen LogP contribution in [0.25, 0.3) is 0 Å². The standard InChI is InChI=1S/C21H21ClO4Si/c1-16-4-10-19(11-5-16)27(26-22(23,24)25,20-12-6-17(2)7-13-20)21-14-8-18(3)9-15-21/h4-15H,1-3H3. The van der Waals surface area contributed by atoms with Crippen molar-refractivity contribution in [1.29, 1.82) is 0 Å².